The average Bonchev–Trinajstić information content (AvgIpc) is 2.80. The van der Waals surface area contributed by atoms with Gasteiger partial charge in [-0.25, -0.2) is 14.4 Å². The lowest BCUT2D eigenvalue weighted by Gasteiger charge is -2.27. The van der Waals surface area contributed by atoms with Gasteiger partial charge in [-0.2, -0.15) is 0 Å². The number of fused-ring (bicyclic) bond motifs is 1. The minimum Gasteiger partial charge on any atom is -0.391 e. The van der Waals surface area contributed by atoms with Gasteiger partial charge in [-0.15, -0.1) is 0 Å². The van der Waals surface area contributed by atoms with Gasteiger partial charge in [-0.1, -0.05) is 30.3 Å². The quantitative estimate of drug-likeness (QED) is 0.401. The van der Waals surface area contributed by atoms with E-state index in [2.05, 4.69) is 15.3 Å². The summed E-state index contributed by atoms with van der Waals surface area (Å²) in [6, 6.07) is 15.7. The number of aliphatic hydroxyl groups excluding tert-OH is 1. The Balaban J connectivity index is 1.78. The summed E-state index contributed by atoms with van der Waals surface area (Å²) in [6.07, 6.45) is 1.21. The molecule has 34 heavy (non-hydrogen) atoms. The number of rotatable bonds is 11. The summed E-state index contributed by atoms with van der Waals surface area (Å²) in [5.41, 5.74) is 5.60. The first kappa shape index (κ1) is 25.2. The van der Waals surface area contributed by atoms with E-state index in [9.17, 15) is 19.1 Å². The Kier molecular flexibility index (Phi) is 8.28. The minimum absolute atomic E-state index is 0.00982. The molecule has 7 nitrogen and oxygen atoms in total. The van der Waals surface area contributed by atoms with E-state index in [1.54, 1.807) is 24.4 Å². The van der Waals surface area contributed by atoms with Gasteiger partial charge in [0.25, 0.3) is 5.91 Å². The summed E-state index contributed by atoms with van der Waals surface area (Å²) in [5, 5.41) is 14.7. The molecule has 8 heteroatoms. The highest BCUT2D eigenvalue weighted by Gasteiger charge is 2.29. The fourth-order valence-corrected chi connectivity index (χ4v) is 3.82. The Bertz CT molecular complexity index is 1120. The van der Waals surface area contributed by atoms with E-state index in [4.69, 9.17) is 5.73 Å². The second kappa shape index (κ2) is 11.2. The standard InChI is InChI=1S/C26H31FN4O3/c1-26(2,27)13-12-19(23(28)33)16-22(32)21(15-17-7-4-3-5-8-17)31-25(34)20-11-10-18-9-6-14-29-24(18)30-20/h3-11,14,19,21-22,32H,12-13,15-16H2,1-2H3,(H2,28,33)(H,31,34). The fraction of sp³-hybridized carbons (Fsp3) is 0.385. The SMILES string of the molecule is CC(C)(F)CCC(CC(O)C(Cc1ccccc1)NC(=O)c1ccc2cccnc2n1)C(N)=O. The highest BCUT2D eigenvalue weighted by Crippen LogP contribution is 2.24. The van der Waals surface area contributed by atoms with Gasteiger partial charge in [0, 0.05) is 17.5 Å². The first-order valence-corrected chi connectivity index (χ1v) is 11.4. The molecule has 1 aromatic carbocycles. The normalized spacial score (nSPS) is 14.4. The van der Waals surface area contributed by atoms with Crippen molar-refractivity contribution in [1.82, 2.24) is 15.3 Å². The number of hydrogen-bond donors (Lipinski definition) is 3. The Labute approximate surface area is 198 Å². The maximum absolute atomic E-state index is 14.0. The molecule has 0 saturated carbocycles. The number of hydrogen-bond acceptors (Lipinski definition) is 5. The monoisotopic (exact) mass is 466 g/mol. The molecule has 3 rings (SSSR count). The molecule has 3 atom stereocenters. The zero-order valence-electron chi connectivity index (χ0n) is 19.4. The van der Waals surface area contributed by atoms with Crippen molar-refractivity contribution in [1.29, 1.82) is 0 Å². The second-order valence-electron chi connectivity index (χ2n) is 9.18. The van der Waals surface area contributed by atoms with E-state index in [1.807, 2.05) is 36.4 Å². The van der Waals surface area contributed by atoms with Gasteiger partial charge in [0.1, 0.15) is 11.4 Å². The van der Waals surface area contributed by atoms with Crippen molar-refractivity contribution < 1.29 is 19.1 Å². The smallest absolute Gasteiger partial charge is 0.270 e. The number of halogens is 1. The molecule has 0 aliphatic heterocycles. The van der Waals surface area contributed by atoms with Crippen LogP contribution in [0.1, 0.15) is 49.2 Å². The molecule has 2 amide bonds. The Morgan fingerprint density at radius 3 is 2.53 bits per heavy atom. The lowest BCUT2D eigenvalue weighted by Crippen LogP contribution is -2.46. The molecule has 0 fully saturated rings. The number of nitrogens with one attached hydrogen (secondary N) is 1. The van der Waals surface area contributed by atoms with Crippen LogP contribution in [0.15, 0.2) is 60.8 Å². The zero-order valence-corrected chi connectivity index (χ0v) is 19.4. The van der Waals surface area contributed by atoms with E-state index in [0.717, 1.165) is 10.9 Å². The highest BCUT2D eigenvalue weighted by atomic mass is 19.1. The van der Waals surface area contributed by atoms with Crippen LogP contribution < -0.4 is 11.1 Å². The lowest BCUT2D eigenvalue weighted by molar-refractivity contribution is -0.123. The van der Waals surface area contributed by atoms with Crippen LogP contribution in [0.2, 0.25) is 0 Å². The van der Waals surface area contributed by atoms with Gasteiger partial charge in [0.05, 0.1) is 12.1 Å². The predicted octanol–water partition coefficient (Wildman–Crippen LogP) is 3.35. The van der Waals surface area contributed by atoms with Crippen LogP contribution in [0.5, 0.6) is 0 Å². The van der Waals surface area contributed by atoms with Crippen LogP contribution in [0.3, 0.4) is 0 Å². The molecule has 0 aliphatic carbocycles. The number of aliphatic hydroxyl groups is 1. The van der Waals surface area contributed by atoms with Crippen LogP contribution in [0, 0.1) is 5.92 Å². The molecular formula is C26H31FN4O3. The van der Waals surface area contributed by atoms with E-state index >= 15 is 0 Å². The molecule has 0 spiro atoms. The van der Waals surface area contributed by atoms with E-state index < -0.39 is 35.5 Å². The lowest BCUT2D eigenvalue weighted by atomic mass is 9.88. The largest absolute Gasteiger partial charge is 0.391 e. The zero-order chi connectivity index (χ0) is 24.7. The molecule has 4 N–H and O–H groups in total. The summed E-state index contributed by atoms with van der Waals surface area (Å²) < 4.78 is 14.0. The number of benzene rings is 1. The van der Waals surface area contributed by atoms with Gasteiger partial charge >= 0.3 is 0 Å². The number of nitrogens with zero attached hydrogens (tertiary/aromatic N) is 2. The number of nitrogens with two attached hydrogens (primary N) is 1. The maximum atomic E-state index is 14.0. The molecular weight excluding hydrogens is 435 g/mol. The number of carbonyl (C=O) groups is 2. The second-order valence-corrected chi connectivity index (χ2v) is 9.18. The number of aromatic nitrogens is 2. The van der Waals surface area contributed by atoms with Crippen molar-refractivity contribution in [3.63, 3.8) is 0 Å². The average molecular weight is 467 g/mol. The number of pyridine rings is 2. The van der Waals surface area contributed by atoms with Crippen LogP contribution in [-0.4, -0.2) is 44.7 Å². The van der Waals surface area contributed by atoms with Crippen molar-refractivity contribution in [3.8, 4) is 0 Å². The third kappa shape index (κ3) is 7.31. The molecule has 2 aromatic heterocycles. The maximum Gasteiger partial charge on any atom is 0.270 e. The predicted molar refractivity (Wildman–Crippen MR) is 129 cm³/mol. The number of primary amides is 1. The minimum atomic E-state index is -1.45. The van der Waals surface area contributed by atoms with Crippen LogP contribution in [-0.2, 0) is 11.2 Å². The third-order valence-electron chi connectivity index (χ3n) is 5.79. The van der Waals surface area contributed by atoms with Crippen molar-refractivity contribution in [2.75, 3.05) is 0 Å². The molecule has 3 aromatic rings. The van der Waals surface area contributed by atoms with Gasteiger partial charge in [0.15, 0.2) is 5.65 Å². The van der Waals surface area contributed by atoms with E-state index in [1.165, 1.54) is 13.8 Å². The summed E-state index contributed by atoms with van der Waals surface area (Å²) in [7, 11) is 0. The Hall–Kier alpha value is -3.39. The van der Waals surface area contributed by atoms with Crippen molar-refractivity contribution in [2.24, 2.45) is 11.7 Å². The summed E-state index contributed by atoms with van der Waals surface area (Å²) >= 11 is 0. The van der Waals surface area contributed by atoms with Crippen molar-refractivity contribution in [3.05, 3.63) is 72.1 Å². The molecule has 0 radical (unpaired) electrons. The van der Waals surface area contributed by atoms with Gasteiger partial charge in [-0.3, -0.25) is 9.59 Å². The summed E-state index contributed by atoms with van der Waals surface area (Å²) in [5.74, 6) is -1.79. The first-order chi connectivity index (χ1) is 16.1. The first-order valence-electron chi connectivity index (χ1n) is 11.4. The summed E-state index contributed by atoms with van der Waals surface area (Å²) in [4.78, 5) is 33.5. The van der Waals surface area contributed by atoms with Crippen LogP contribution in [0.4, 0.5) is 4.39 Å². The molecule has 0 bridgehead atoms. The van der Waals surface area contributed by atoms with Gasteiger partial charge in [-0.05, 0) is 69.4 Å². The molecule has 0 aliphatic rings. The Morgan fingerprint density at radius 1 is 1.12 bits per heavy atom. The molecule has 180 valence electrons. The van der Waals surface area contributed by atoms with Crippen molar-refractivity contribution in [2.45, 2.75) is 57.3 Å². The van der Waals surface area contributed by atoms with Crippen LogP contribution in [0.25, 0.3) is 11.0 Å². The fourth-order valence-electron chi connectivity index (χ4n) is 3.82. The number of carbonyl (C=O) groups excluding carboxylic acids is 2. The number of amides is 2. The Morgan fingerprint density at radius 2 is 1.85 bits per heavy atom. The van der Waals surface area contributed by atoms with E-state index in [-0.39, 0.29) is 25.0 Å². The van der Waals surface area contributed by atoms with Gasteiger partial charge in [0.2, 0.25) is 5.91 Å². The number of alkyl halides is 1. The van der Waals surface area contributed by atoms with Crippen molar-refractivity contribution >= 4 is 22.8 Å². The molecule has 2 heterocycles. The summed E-state index contributed by atoms with van der Waals surface area (Å²) in [6.45, 7) is 2.87. The van der Waals surface area contributed by atoms with Crippen LogP contribution >= 0.6 is 0 Å². The molecule has 3 unspecified atom stereocenters. The molecule has 0 saturated heterocycles. The third-order valence-corrected chi connectivity index (χ3v) is 5.79. The highest BCUT2D eigenvalue weighted by molar-refractivity contribution is 5.94. The topological polar surface area (TPSA) is 118 Å². The van der Waals surface area contributed by atoms with Gasteiger partial charge < -0.3 is 16.2 Å². The van der Waals surface area contributed by atoms with E-state index in [0.29, 0.717) is 12.1 Å².